The molecule has 0 fully saturated rings. The Labute approximate surface area is 80.2 Å². The molecule has 0 bridgehead atoms. The molecule has 2 aromatic rings. The molecule has 0 radical (unpaired) electrons. The van der Waals surface area contributed by atoms with Crippen molar-refractivity contribution in [1.29, 1.82) is 0 Å². The minimum atomic E-state index is 0.138. The molecule has 0 saturated heterocycles. The van der Waals surface area contributed by atoms with Gasteiger partial charge in [-0.3, -0.25) is 0 Å². The van der Waals surface area contributed by atoms with Gasteiger partial charge in [0, 0.05) is 6.07 Å². The molecule has 1 heterocycles. The first-order valence-corrected chi connectivity index (χ1v) is 4.22. The van der Waals surface area contributed by atoms with Crippen molar-refractivity contribution in [3.8, 4) is 0 Å². The third-order valence-corrected chi connectivity index (χ3v) is 2.29. The predicted molar refractivity (Wildman–Crippen MR) is 50.5 cm³/mol. The second-order valence-corrected chi connectivity index (χ2v) is 3.13. The Kier molecular flexibility index (Phi) is 1.81. The Morgan fingerprint density at radius 3 is 2.85 bits per heavy atom. The number of aromatic nitrogens is 2. The summed E-state index contributed by atoms with van der Waals surface area (Å²) in [4.78, 5) is 4.18. The van der Waals surface area contributed by atoms with Gasteiger partial charge in [-0.15, -0.1) is 0 Å². The molecular formula is C9H7ClN2O. The van der Waals surface area contributed by atoms with Crippen molar-refractivity contribution in [2.75, 3.05) is 0 Å². The molecular weight excluding hydrogens is 188 g/mol. The molecule has 3 nitrogen and oxygen atoms in total. The smallest absolute Gasteiger partial charge is 0.308 e. The molecule has 0 spiro atoms. The number of benzene rings is 1. The number of rotatable bonds is 0. The lowest BCUT2D eigenvalue weighted by molar-refractivity contribution is -0.575. The van der Waals surface area contributed by atoms with Crippen LogP contribution in [0.2, 0.25) is 5.15 Å². The number of aryl methyl sites for hydroxylation is 1. The largest absolute Gasteiger partial charge is 0.617 e. The zero-order valence-electron chi connectivity index (χ0n) is 6.99. The molecule has 0 aliphatic heterocycles. The van der Waals surface area contributed by atoms with E-state index in [0.29, 0.717) is 21.5 Å². The Morgan fingerprint density at radius 1 is 1.38 bits per heavy atom. The minimum absolute atomic E-state index is 0.138. The lowest BCUT2D eigenvalue weighted by Crippen LogP contribution is -2.30. The van der Waals surface area contributed by atoms with Gasteiger partial charge in [0.15, 0.2) is 0 Å². The van der Waals surface area contributed by atoms with E-state index in [-0.39, 0.29) is 5.15 Å². The number of nitrogens with zero attached hydrogens (tertiary/aromatic N) is 2. The maximum atomic E-state index is 11.5. The molecule has 0 N–H and O–H groups in total. The molecule has 66 valence electrons. The summed E-state index contributed by atoms with van der Waals surface area (Å²) in [7, 11) is 0. The van der Waals surface area contributed by atoms with Crippen molar-refractivity contribution < 1.29 is 4.73 Å². The van der Waals surface area contributed by atoms with Crippen molar-refractivity contribution in [3.63, 3.8) is 0 Å². The van der Waals surface area contributed by atoms with Crippen molar-refractivity contribution in [1.82, 2.24) is 4.98 Å². The first-order chi connectivity index (χ1) is 6.20. The summed E-state index contributed by atoms with van der Waals surface area (Å²) in [6, 6.07) is 7.10. The molecule has 0 amide bonds. The van der Waals surface area contributed by atoms with E-state index in [1.807, 2.05) is 6.07 Å². The zero-order valence-corrected chi connectivity index (χ0v) is 7.75. The number of hydrogen-bond acceptors (Lipinski definition) is 2. The molecule has 0 unspecified atom stereocenters. The van der Waals surface area contributed by atoms with Gasteiger partial charge in [0.05, 0.1) is 0 Å². The van der Waals surface area contributed by atoms with Crippen molar-refractivity contribution in [2.24, 2.45) is 0 Å². The van der Waals surface area contributed by atoms with Crippen LogP contribution in [0, 0.1) is 12.1 Å². The molecule has 2 rings (SSSR count). The second kappa shape index (κ2) is 2.85. The highest BCUT2D eigenvalue weighted by atomic mass is 35.5. The highest BCUT2D eigenvalue weighted by molar-refractivity contribution is 6.29. The maximum absolute atomic E-state index is 11.5. The van der Waals surface area contributed by atoms with Crippen LogP contribution in [0.15, 0.2) is 24.3 Å². The van der Waals surface area contributed by atoms with Gasteiger partial charge in [-0.05, 0) is 24.6 Å². The summed E-state index contributed by atoms with van der Waals surface area (Å²) in [6.45, 7) is 1.71. The summed E-state index contributed by atoms with van der Waals surface area (Å²) in [5, 5.41) is 11.6. The standard InChI is InChI=1S/C9H7ClN2O/c1-6-9(10)12(13)8-5-3-2-4-7(8)11-6/h2-5H,1H3. The van der Waals surface area contributed by atoms with Crippen LogP contribution in [0.25, 0.3) is 11.0 Å². The fourth-order valence-corrected chi connectivity index (χ4v) is 1.34. The van der Waals surface area contributed by atoms with Crippen LogP contribution in [0.4, 0.5) is 0 Å². The van der Waals surface area contributed by atoms with Gasteiger partial charge in [-0.25, -0.2) is 4.98 Å². The molecule has 0 aliphatic carbocycles. The van der Waals surface area contributed by atoms with Crippen LogP contribution in [0.5, 0.6) is 0 Å². The predicted octanol–water partition coefficient (Wildman–Crippen LogP) is 1.83. The Balaban J connectivity index is 2.94. The quantitative estimate of drug-likeness (QED) is 0.474. The average molecular weight is 195 g/mol. The number of hydrogen-bond donors (Lipinski definition) is 0. The monoisotopic (exact) mass is 194 g/mol. The third kappa shape index (κ3) is 1.21. The van der Waals surface area contributed by atoms with E-state index in [4.69, 9.17) is 11.6 Å². The Morgan fingerprint density at radius 2 is 2.08 bits per heavy atom. The van der Waals surface area contributed by atoms with Crippen LogP contribution < -0.4 is 4.73 Å². The first-order valence-electron chi connectivity index (χ1n) is 3.84. The van der Waals surface area contributed by atoms with E-state index in [1.54, 1.807) is 25.1 Å². The number of fused-ring (bicyclic) bond motifs is 1. The lowest BCUT2D eigenvalue weighted by atomic mass is 10.3. The molecule has 1 aromatic carbocycles. The molecule has 4 heteroatoms. The topological polar surface area (TPSA) is 39.8 Å². The van der Waals surface area contributed by atoms with Gasteiger partial charge in [0.1, 0.15) is 11.2 Å². The molecule has 1 aromatic heterocycles. The molecule has 13 heavy (non-hydrogen) atoms. The molecule has 0 aliphatic rings. The third-order valence-electron chi connectivity index (χ3n) is 1.87. The van der Waals surface area contributed by atoms with Gasteiger partial charge in [0.2, 0.25) is 5.52 Å². The summed E-state index contributed by atoms with van der Waals surface area (Å²) in [5.74, 6) is 0. The van der Waals surface area contributed by atoms with Gasteiger partial charge >= 0.3 is 5.15 Å². The van der Waals surface area contributed by atoms with E-state index < -0.39 is 0 Å². The van der Waals surface area contributed by atoms with Gasteiger partial charge in [-0.1, -0.05) is 12.1 Å². The first kappa shape index (κ1) is 8.26. The van der Waals surface area contributed by atoms with Crippen molar-refractivity contribution in [2.45, 2.75) is 6.92 Å². The lowest BCUT2D eigenvalue weighted by Gasteiger charge is -2.03. The zero-order chi connectivity index (χ0) is 9.42. The van der Waals surface area contributed by atoms with Crippen LogP contribution in [-0.4, -0.2) is 4.98 Å². The molecule has 0 saturated carbocycles. The summed E-state index contributed by atoms with van der Waals surface area (Å²) >= 11 is 5.74. The summed E-state index contributed by atoms with van der Waals surface area (Å²) in [6.07, 6.45) is 0. The van der Waals surface area contributed by atoms with Crippen molar-refractivity contribution >= 4 is 22.6 Å². The summed E-state index contributed by atoms with van der Waals surface area (Å²) in [5.41, 5.74) is 1.72. The SMILES string of the molecule is Cc1nc2ccccc2[n+]([O-])c1Cl. The van der Waals surface area contributed by atoms with E-state index in [1.165, 1.54) is 0 Å². The van der Waals surface area contributed by atoms with E-state index >= 15 is 0 Å². The van der Waals surface area contributed by atoms with Crippen LogP contribution in [-0.2, 0) is 0 Å². The number of halogens is 1. The van der Waals surface area contributed by atoms with Gasteiger partial charge < -0.3 is 5.21 Å². The number of para-hydroxylation sites is 2. The van der Waals surface area contributed by atoms with E-state index in [0.717, 1.165) is 0 Å². The Hall–Kier alpha value is -1.35. The minimum Gasteiger partial charge on any atom is -0.617 e. The van der Waals surface area contributed by atoms with Crippen LogP contribution in [0.1, 0.15) is 5.69 Å². The van der Waals surface area contributed by atoms with Crippen LogP contribution in [0.3, 0.4) is 0 Å². The van der Waals surface area contributed by atoms with Crippen LogP contribution >= 0.6 is 11.6 Å². The van der Waals surface area contributed by atoms with E-state index in [2.05, 4.69) is 4.98 Å². The van der Waals surface area contributed by atoms with Gasteiger partial charge in [-0.2, -0.15) is 4.73 Å². The van der Waals surface area contributed by atoms with E-state index in [9.17, 15) is 5.21 Å². The summed E-state index contributed by atoms with van der Waals surface area (Å²) < 4.78 is 0.694. The highest BCUT2D eigenvalue weighted by Gasteiger charge is 2.12. The van der Waals surface area contributed by atoms with Crippen molar-refractivity contribution in [3.05, 3.63) is 40.3 Å². The second-order valence-electron chi connectivity index (χ2n) is 2.77. The normalized spacial score (nSPS) is 10.6. The Bertz CT molecular complexity index is 470. The fraction of sp³-hybridized carbons (Fsp3) is 0.111. The maximum Gasteiger partial charge on any atom is 0.308 e. The van der Waals surface area contributed by atoms with Gasteiger partial charge in [0.25, 0.3) is 0 Å². The molecule has 0 atom stereocenters. The fourth-order valence-electron chi connectivity index (χ4n) is 1.21. The average Bonchev–Trinajstić information content (AvgIpc) is 2.15. The highest BCUT2D eigenvalue weighted by Crippen LogP contribution is 2.13.